The largest absolute Gasteiger partial charge is 0.475 e. The topological polar surface area (TPSA) is 66.6 Å². The molecular formula is C11H16F2N2O3. The molecular weight excluding hydrogens is 246 g/mol. The highest BCUT2D eigenvalue weighted by atomic mass is 19.1. The number of methoxy groups -OCH3 is 1. The Balaban J connectivity index is 2.25. The first-order valence-corrected chi connectivity index (χ1v) is 5.46. The van der Waals surface area contributed by atoms with Crippen LogP contribution in [0.25, 0.3) is 0 Å². The molecule has 1 aromatic heterocycles. The summed E-state index contributed by atoms with van der Waals surface area (Å²) in [5.74, 6) is -2.46. The smallest absolute Gasteiger partial charge is 0.252 e. The van der Waals surface area contributed by atoms with E-state index in [2.05, 4.69) is 4.98 Å². The van der Waals surface area contributed by atoms with Gasteiger partial charge in [-0.2, -0.15) is 4.98 Å². The number of nitrogens with zero attached hydrogens (tertiary/aromatic N) is 1. The Hall–Kier alpha value is -1.47. The summed E-state index contributed by atoms with van der Waals surface area (Å²) in [7, 11) is 1.58. The van der Waals surface area contributed by atoms with Crippen LogP contribution in [0.5, 0.6) is 5.88 Å². The van der Waals surface area contributed by atoms with Crippen molar-refractivity contribution >= 4 is 5.82 Å². The molecule has 2 N–H and O–H groups in total. The highest BCUT2D eigenvalue weighted by molar-refractivity contribution is 5.34. The molecule has 1 rings (SSSR count). The third kappa shape index (κ3) is 4.80. The van der Waals surface area contributed by atoms with Crippen molar-refractivity contribution in [3.8, 4) is 5.88 Å². The molecule has 1 heterocycles. The van der Waals surface area contributed by atoms with Crippen molar-refractivity contribution in [1.82, 2.24) is 4.98 Å². The van der Waals surface area contributed by atoms with E-state index in [0.29, 0.717) is 32.3 Å². The van der Waals surface area contributed by atoms with Gasteiger partial charge in [0.15, 0.2) is 17.5 Å². The van der Waals surface area contributed by atoms with Crippen LogP contribution in [0, 0.1) is 11.6 Å². The highest BCUT2D eigenvalue weighted by Gasteiger charge is 2.10. The van der Waals surface area contributed by atoms with Crippen LogP contribution < -0.4 is 10.5 Å². The zero-order valence-electron chi connectivity index (χ0n) is 10.1. The molecule has 0 aliphatic carbocycles. The van der Waals surface area contributed by atoms with Crippen LogP contribution in [0.3, 0.4) is 0 Å². The van der Waals surface area contributed by atoms with E-state index in [1.54, 1.807) is 7.11 Å². The molecule has 7 heteroatoms. The molecule has 102 valence electrons. The summed E-state index contributed by atoms with van der Waals surface area (Å²) >= 11 is 0. The molecule has 0 atom stereocenters. The molecule has 0 fully saturated rings. The minimum absolute atomic E-state index is 0.210. The zero-order chi connectivity index (χ0) is 13.4. The summed E-state index contributed by atoms with van der Waals surface area (Å²) in [5.41, 5.74) is 5.20. The van der Waals surface area contributed by atoms with Crippen molar-refractivity contribution in [2.45, 2.75) is 6.42 Å². The fourth-order valence-electron chi connectivity index (χ4n) is 1.14. The summed E-state index contributed by atoms with van der Waals surface area (Å²) in [5, 5.41) is 0. The van der Waals surface area contributed by atoms with Crippen molar-refractivity contribution in [3.63, 3.8) is 0 Å². The SMILES string of the molecule is COCCOCCCOc1nc(N)c(F)cc1F. The number of hydrogen-bond acceptors (Lipinski definition) is 5. The van der Waals surface area contributed by atoms with Crippen LogP contribution >= 0.6 is 0 Å². The Kier molecular flexibility index (Phi) is 6.31. The molecule has 0 aliphatic heterocycles. The average Bonchev–Trinajstić information content (AvgIpc) is 2.34. The summed E-state index contributed by atoms with van der Waals surface area (Å²) in [6.07, 6.45) is 0.558. The Morgan fingerprint density at radius 2 is 1.94 bits per heavy atom. The van der Waals surface area contributed by atoms with E-state index in [9.17, 15) is 8.78 Å². The number of pyridine rings is 1. The Bertz CT molecular complexity index is 378. The molecule has 0 saturated carbocycles. The lowest BCUT2D eigenvalue weighted by molar-refractivity contribution is 0.0639. The van der Waals surface area contributed by atoms with Gasteiger partial charge in [0.2, 0.25) is 0 Å². The van der Waals surface area contributed by atoms with Gasteiger partial charge in [-0.3, -0.25) is 0 Å². The minimum Gasteiger partial charge on any atom is -0.475 e. The van der Waals surface area contributed by atoms with E-state index in [-0.39, 0.29) is 18.3 Å². The van der Waals surface area contributed by atoms with Crippen LogP contribution in [0.4, 0.5) is 14.6 Å². The normalized spacial score (nSPS) is 10.6. The second kappa shape index (κ2) is 7.78. The molecule has 0 aliphatic rings. The zero-order valence-corrected chi connectivity index (χ0v) is 10.1. The quantitative estimate of drug-likeness (QED) is 0.717. The van der Waals surface area contributed by atoms with Gasteiger partial charge in [0, 0.05) is 26.2 Å². The van der Waals surface area contributed by atoms with Crippen LogP contribution in [-0.4, -0.2) is 38.5 Å². The van der Waals surface area contributed by atoms with Gasteiger partial charge in [-0.05, 0) is 0 Å². The second-order valence-electron chi connectivity index (χ2n) is 3.45. The van der Waals surface area contributed by atoms with Crippen molar-refractivity contribution in [2.24, 2.45) is 0 Å². The average molecular weight is 262 g/mol. The standard InChI is InChI=1S/C11H16F2N2O3/c1-16-5-6-17-3-2-4-18-11-9(13)7-8(12)10(14)15-11/h7H,2-6H2,1H3,(H2,14,15). The van der Waals surface area contributed by atoms with Crippen LogP contribution in [0.15, 0.2) is 6.07 Å². The van der Waals surface area contributed by atoms with E-state index in [1.807, 2.05) is 0 Å². The van der Waals surface area contributed by atoms with Gasteiger partial charge in [0.25, 0.3) is 5.88 Å². The van der Waals surface area contributed by atoms with E-state index in [0.717, 1.165) is 0 Å². The van der Waals surface area contributed by atoms with E-state index >= 15 is 0 Å². The third-order valence-electron chi connectivity index (χ3n) is 2.03. The molecule has 0 unspecified atom stereocenters. The third-order valence-corrected chi connectivity index (χ3v) is 2.03. The number of rotatable bonds is 8. The number of aromatic nitrogens is 1. The van der Waals surface area contributed by atoms with Gasteiger partial charge in [-0.25, -0.2) is 8.78 Å². The molecule has 0 radical (unpaired) electrons. The van der Waals surface area contributed by atoms with Gasteiger partial charge < -0.3 is 19.9 Å². The molecule has 0 amide bonds. The number of nitrogens with two attached hydrogens (primary N) is 1. The predicted octanol–water partition coefficient (Wildman–Crippen LogP) is 1.37. The molecule has 0 spiro atoms. The fourth-order valence-corrected chi connectivity index (χ4v) is 1.14. The number of nitrogen functional groups attached to an aromatic ring is 1. The summed E-state index contributed by atoms with van der Waals surface area (Å²) in [6.45, 7) is 1.68. The van der Waals surface area contributed by atoms with E-state index < -0.39 is 11.6 Å². The summed E-state index contributed by atoms with van der Waals surface area (Å²) in [4.78, 5) is 3.46. The van der Waals surface area contributed by atoms with Gasteiger partial charge >= 0.3 is 0 Å². The molecule has 0 bridgehead atoms. The number of ether oxygens (including phenoxy) is 3. The first kappa shape index (κ1) is 14.6. The van der Waals surface area contributed by atoms with Crippen LogP contribution in [-0.2, 0) is 9.47 Å². The summed E-state index contributed by atoms with van der Waals surface area (Å²) in [6, 6.07) is 0.646. The lowest BCUT2D eigenvalue weighted by Crippen LogP contribution is -2.09. The lowest BCUT2D eigenvalue weighted by atomic mass is 10.4. The monoisotopic (exact) mass is 262 g/mol. The van der Waals surface area contributed by atoms with Crippen LogP contribution in [0.1, 0.15) is 6.42 Å². The highest BCUT2D eigenvalue weighted by Crippen LogP contribution is 2.18. The molecule has 18 heavy (non-hydrogen) atoms. The second-order valence-corrected chi connectivity index (χ2v) is 3.45. The van der Waals surface area contributed by atoms with E-state index in [4.69, 9.17) is 19.9 Å². The predicted molar refractivity (Wildman–Crippen MR) is 61.4 cm³/mol. The van der Waals surface area contributed by atoms with Gasteiger partial charge in [-0.15, -0.1) is 0 Å². The molecule has 0 saturated heterocycles. The van der Waals surface area contributed by atoms with Gasteiger partial charge in [-0.1, -0.05) is 0 Å². The number of halogens is 2. The van der Waals surface area contributed by atoms with Crippen molar-refractivity contribution in [1.29, 1.82) is 0 Å². The van der Waals surface area contributed by atoms with Gasteiger partial charge in [0.1, 0.15) is 0 Å². The number of hydrogen-bond donors (Lipinski definition) is 1. The van der Waals surface area contributed by atoms with Crippen molar-refractivity contribution in [2.75, 3.05) is 39.3 Å². The Labute approximate surface area is 104 Å². The maximum absolute atomic E-state index is 13.2. The first-order valence-electron chi connectivity index (χ1n) is 5.46. The molecule has 0 aromatic carbocycles. The fraction of sp³-hybridized carbons (Fsp3) is 0.545. The number of anilines is 1. The van der Waals surface area contributed by atoms with Crippen LogP contribution in [0.2, 0.25) is 0 Å². The molecule has 5 nitrogen and oxygen atoms in total. The maximum Gasteiger partial charge on any atom is 0.252 e. The maximum atomic E-state index is 13.2. The van der Waals surface area contributed by atoms with Crippen molar-refractivity contribution in [3.05, 3.63) is 17.7 Å². The van der Waals surface area contributed by atoms with Crippen molar-refractivity contribution < 1.29 is 23.0 Å². The van der Waals surface area contributed by atoms with E-state index in [1.165, 1.54) is 0 Å². The lowest BCUT2D eigenvalue weighted by Gasteiger charge is -2.07. The first-order chi connectivity index (χ1) is 8.65. The minimum atomic E-state index is -0.900. The molecule has 1 aromatic rings. The van der Waals surface area contributed by atoms with Gasteiger partial charge in [0.05, 0.1) is 19.8 Å². The Morgan fingerprint density at radius 1 is 1.17 bits per heavy atom. The summed E-state index contributed by atoms with van der Waals surface area (Å²) < 4.78 is 41.0. The Morgan fingerprint density at radius 3 is 2.67 bits per heavy atom.